The molecule has 0 aliphatic carbocycles. The topological polar surface area (TPSA) is 0 Å². The van der Waals surface area contributed by atoms with Gasteiger partial charge in [-0.3, -0.25) is 0 Å². The minimum Gasteiger partial charge on any atom is -0.170 e. The van der Waals surface area contributed by atoms with Gasteiger partial charge in [-0.2, -0.15) is 13.2 Å². The quantitative estimate of drug-likeness (QED) is 0.642. The van der Waals surface area contributed by atoms with Crippen LogP contribution in [0.4, 0.5) is 13.2 Å². The number of alkyl halides is 3. The van der Waals surface area contributed by atoms with Crippen molar-refractivity contribution in [2.45, 2.75) is 37.4 Å². The zero-order valence-corrected chi connectivity index (χ0v) is 8.24. The Morgan fingerprint density at radius 1 is 1.00 bits per heavy atom. The van der Waals surface area contributed by atoms with Crippen LogP contribution in [0.25, 0.3) is 0 Å². The summed E-state index contributed by atoms with van der Waals surface area (Å²) in [6, 6.07) is 0. The first-order valence-corrected chi connectivity index (χ1v) is 5.50. The zero-order valence-electron chi connectivity index (χ0n) is 6.61. The fourth-order valence-corrected chi connectivity index (χ4v) is 2.24. The molecule has 0 aromatic heterocycles. The first kappa shape index (κ1) is 11.5. The highest BCUT2D eigenvalue weighted by molar-refractivity contribution is 8.77. The van der Waals surface area contributed by atoms with Crippen LogP contribution >= 0.6 is 21.6 Å². The van der Waals surface area contributed by atoms with Gasteiger partial charge in [0, 0.05) is 5.25 Å². The van der Waals surface area contributed by atoms with Gasteiger partial charge >= 0.3 is 6.18 Å². The van der Waals surface area contributed by atoms with Crippen molar-refractivity contribution in [1.29, 1.82) is 0 Å². The molecule has 0 amide bonds. The Hall–Kier alpha value is 0.490. The fraction of sp³-hybridized carbons (Fsp3) is 1.00. The van der Waals surface area contributed by atoms with Crippen LogP contribution in [0.15, 0.2) is 0 Å². The summed E-state index contributed by atoms with van der Waals surface area (Å²) in [6.45, 7) is 4.93. The third-order valence-corrected chi connectivity index (χ3v) is 4.26. The molecule has 68 valence electrons. The lowest BCUT2D eigenvalue weighted by atomic mass is 10.5. The van der Waals surface area contributed by atoms with Gasteiger partial charge in [-0.15, -0.1) is 0 Å². The van der Waals surface area contributed by atoms with Crippen LogP contribution in [0.3, 0.4) is 0 Å². The molecular weight excluding hydrogens is 193 g/mol. The average Bonchev–Trinajstić information content (AvgIpc) is 1.80. The third-order valence-electron chi connectivity index (χ3n) is 0.853. The van der Waals surface area contributed by atoms with Crippen molar-refractivity contribution >= 4 is 21.6 Å². The second-order valence-corrected chi connectivity index (χ2v) is 5.61. The number of rotatable bonds is 3. The minimum absolute atomic E-state index is 0.241. The largest absolute Gasteiger partial charge is 0.401 e. The second kappa shape index (κ2) is 4.50. The zero-order chi connectivity index (χ0) is 9.07. The lowest BCUT2D eigenvalue weighted by molar-refractivity contribution is -0.124. The van der Waals surface area contributed by atoms with Crippen LogP contribution in [0.1, 0.15) is 20.8 Å². The molecule has 0 nitrogen and oxygen atoms in total. The lowest BCUT2D eigenvalue weighted by Gasteiger charge is -2.14. The van der Waals surface area contributed by atoms with E-state index in [0.29, 0.717) is 0 Å². The molecule has 0 N–H and O–H groups in total. The molecule has 0 bridgehead atoms. The molecule has 5 heteroatoms. The van der Waals surface area contributed by atoms with Gasteiger partial charge in [-0.05, 0) is 6.92 Å². The van der Waals surface area contributed by atoms with Crippen LogP contribution in [0.2, 0.25) is 0 Å². The highest BCUT2D eigenvalue weighted by Crippen LogP contribution is 2.38. The summed E-state index contributed by atoms with van der Waals surface area (Å²) in [5, 5.41) is -1.03. The van der Waals surface area contributed by atoms with Gasteiger partial charge in [0.15, 0.2) is 0 Å². The minimum atomic E-state index is -4.06. The normalized spacial score (nSPS) is 15.5. The van der Waals surface area contributed by atoms with E-state index in [9.17, 15) is 13.2 Å². The van der Waals surface area contributed by atoms with E-state index in [1.165, 1.54) is 17.7 Å². The molecule has 11 heavy (non-hydrogen) atoms. The van der Waals surface area contributed by atoms with E-state index in [4.69, 9.17) is 0 Å². The van der Waals surface area contributed by atoms with Gasteiger partial charge in [-0.25, -0.2) is 0 Å². The van der Waals surface area contributed by atoms with Crippen molar-refractivity contribution in [2.24, 2.45) is 0 Å². The Balaban J connectivity index is 3.61. The maximum Gasteiger partial charge on any atom is 0.401 e. The first-order chi connectivity index (χ1) is 4.84. The summed E-state index contributed by atoms with van der Waals surface area (Å²) in [6.07, 6.45) is -4.06. The Morgan fingerprint density at radius 2 is 1.45 bits per heavy atom. The second-order valence-electron chi connectivity index (χ2n) is 2.43. The number of halogens is 3. The van der Waals surface area contributed by atoms with Crippen molar-refractivity contribution in [2.75, 3.05) is 0 Å². The Morgan fingerprint density at radius 3 is 1.73 bits per heavy atom. The van der Waals surface area contributed by atoms with E-state index in [-0.39, 0.29) is 5.25 Å². The molecule has 0 radical (unpaired) electrons. The molecule has 0 saturated heterocycles. The summed E-state index contributed by atoms with van der Waals surface area (Å²) in [5.74, 6) is 0. The SMILES string of the molecule is CC(C)SS[C@H](C)C(F)(F)F. The molecule has 0 rings (SSSR count). The maximum absolute atomic E-state index is 11.9. The summed E-state index contributed by atoms with van der Waals surface area (Å²) in [4.78, 5) is 0. The summed E-state index contributed by atoms with van der Waals surface area (Å²) >= 11 is 0. The molecule has 0 saturated carbocycles. The van der Waals surface area contributed by atoms with Gasteiger partial charge < -0.3 is 0 Å². The maximum atomic E-state index is 11.9. The molecular formula is C6H11F3S2. The van der Waals surface area contributed by atoms with Crippen molar-refractivity contribution in [3.63, 3.8) is 0 Å². The fourth-order valence-electron chi connectivity index (χ4n) is 0.249. The van der Waals surface area contributed by atoms with E-state index < -0.39 is 11.4 Å². The van der Waals surface area contributed by atoms with E-state index in [1.807, 2.05) is 13.8 Å². The van der Waals surface area contributed by atoms with Gasteiger partial charge in [-0.1, -0.05) is 35.4 Å². The summed E-state index contributed by atoms with van der Waals surface area (Å²) in [5.41, 5.74) is 0. The van der Waals surface area contributed by atoms with Crippen LogP contribution < -0.4 is 0 Å². The van der Waals surface area contributed by atoms with E-state index in [1.54, 1.807) is 0 Å². The smallest absolute Gasteiger partial charge is 0.170 e. The average molecular weight is 204 g/mol. The Labute approximate surface area is 72.7 Å². The molecule has 1 atom stereocenters. The molecule has 0 aromatic rings. The van der Waals surface area contributed by atoms with E-state index in [2.05, 4.69) is 0 Å². The number of hydrogen-bond acceptors (Lipinski definition) is 2. The molecule has 0 aliphatic heterocycles. The van der Waals surface area contributed by atoms with Gasteiger partial charge in [0.2, 0.25) is 0 Å². The molecule has 0 heterocycles. The van der Waals surface area contributed by atoms with Crippen LogP contribution in [-0.2, 0) is 0 Å². The van der Waals surface area contributed by atoms with Crippen LogP contribution in [0, 0.1) is 0 Å². The predicted molar refractivity (Wildman–Crippen MR) is 45.8 cm³/mol. The molecule has 0 aliphatic rings. The summed E-state index contributed by atoms with van der Waals surface area (Å²) in [7, 11) is 2.15. The predicted octanol–water partition coefficient (Wildman–Crippen LogP) is 3.73. The van der Waals surface area contributed by atoms with Crippen molar-refractivity contribution in [3.05, 3.63) is 0 Å². The molecule has 0 unspecified atom stereocenters. The van der Waals surface area contributed by atoms with Gasteiger partial charge in [0.1, 0.15) is 5.25 Å². The van der Waals surface area contributed by atoms with Crippen molar-refractivity contribution in [1.82, 2.24) is 0 Å². The standard InChI is InChI=1S/C6H11F3S2/c1-4(2)10-11-5(3)6(7,8)9/h4-5H,1-3H3/t5-/m1/s1. The highest BCUT2D eigenvalue weighted by atomic mass is 33.1. The first-order valence-electron chi connectivity index (χ1n) is 3.23. The Bertz CT molecular complexity index is 111. The highest BCUT2D eigenvalue weighted by Gasteiger charge is 2.36. The third kappa shape index (κ3) is 5.73. The molecule has 0 aromatic carbocycles. The van der Waals surface area contributed by atoms with Crippen LogP contribution in [0.5, 0.6) is 0 Å². The van der Waals surface area contributed by atoms with E-state index >= 15 is 0 Å². The lowest BCUT2D eigenvalue weighted by Crippen LogP contribution is -2.21. The Kier molecular flexibility index (Phi) is 4.70. The van der Waals surface area contributed by atoms with Gasteiger partial charge in [0.05, 0.1) is 0 Å². The van der Waals surface area contributed by atoms with Crippen LogP contribution in [-0.4, -0.2) is 16.7 Å². The summed E-state index contributed by atoms with van der Waals surface area (Å²) < 4.78 is 35.6. The van der Waals surface area contributed by atoms with E-state index in [0.717, 1.165) is 10.8 Å². The monoisotopic (exact) mass is 204 g/mol. The molecule has 0 fully saturated rings. The van der Waals surface area contributed by atoms with Crippen molar-refractivity contribution in [3.8, 4) is 0 Å². The molecule has 0 spiro atoms. The van der Waals surface area contributed by atoms with Crippen molar-refractivity contribution < 1.29 is 13.2 Å². The number of hydrogen-bond donors (Lipinski definition) is 0. The van der Waals surface area contributed by atoms with Gasteiger partial charge in [0.25, 0.3) is 0 Å².